The summed E-state index contributed by atoms with van der Waals surface area (Å²) in [7, 11) is 0. The molecule has 0 bridgehead atoms. The molecule has 0 amide bonds. The summed E-state index contributed by atoms with van der Waals surface area (Å²) in [5.41, 5.74) is 12.1. The Morgan fingerprint density at radius 3 is 2.51 bits per heavy atom. The van der Waals surface area contributed by atoms with E-state index in [1.54, 1.807) is 0 Å². The molecule has 0 unspecified atom stereocenters. The standard InChI is InChI=1S/C28H31N6O/c1-28(2,19-35)18-30-16-20-8-10-23(11-9-20)34-27-24-14-22(21-6-4-3-5-7-21)17-31-25(24)12-13-33(27)26(15-29)32-34/h3-14,17,30,35H,15-16,18-19,29H2,1-2H3/q+1. The highest BCUT2D eigenvalue weighted by molar-refractivity contribution is 5.92. The molecule has 35 heavy (non-hydrogen) atoms. The minimum atomic E-state index is -0.141. The van der Waals surface area contributed by atoms with Crippen LogP contribution in [0.2, 0.25) is 0 Å². The second-order valence-corrected chi connectivity index (χ2v) is 9.66. The van der Waals surface area contributed by atoms with Crippen molar-refractivity contribution in [1.82, 2.24) is 20.1 Å². The van der Waals surface area contributed by atoms with Crippen LogP contribution in [0.1, 0.15) is 25.2 Å². The Morgan fingerprint density at radius 2 is 1.80 bits per heavy atom. The zero-order valence-electron chi connectivity index (χ0n) is 20.1. The highest BCUT2D eigenvalue weighted by atomic mass is 16.3. The van der Waals surface area contributed by atoms with Crippen LogP contribution in [0.5, 0.6) is 0 Å². The first-order chi connectivity index (χ1) is 17.0. The lowest BCUT2D eigenvalue weighted by Crippen LogP contribution is -2.31. The van der Waals surface area contributed by atoms with Gasteiger partial charge in [-0.15, -0.1) is 0 Å². The summed E-state index contributed by atoms with van der Waals surface area (Å²) in [6.07, 6.45) is 3.90. The Bertz CT molecular complexity index is 1460. The SMILES string of the molecule is CC(C)(CO)CNCc1ccc(-n2nc(CN)[n+]3ccc4ncc(-c5ccccc5)cc4c23)cc1. The largest absolute Gasteiger partial charge is 0.396 e. The highest BCUT2D eigenvalue weighted by Gasteiger charge is 2.23. The minimum absolute atomic E-state index is 0.141. The normalized spacial score (nSPS) is 12.0. The molecule has 0 saturated carbocycles. The number of rotatable bonds is 8. The second-order valence-electron chi connectivity index (χ2n) is 9.66. The number of aromatic nitrogens is 4. The fourth-order valence-electron chi connectivity index (χ4n) is 4.23. The van der Waals surface area contributed by atoms with Crippen LogP contribution >= 0.6 is 0 Å². The molecule has 0 aliphatic rings. The number of pyridine rings is 2. The molecule has 7 nitrogen and oxygen atoms in total. The lowest BCUT2D eigenvalue weighted by Gasteiger charge is -2.21. The van der Waals surface area contributed by atoms with Crippen LogP contribution in [0, 0.1) is 5.41 Å². The Kier molecular flexibility index (Phi) is 6.30. The summed E-state index contributed by atoms with van der Waals surface area (Å²) in [5.74, 6) is 0.781. The average molecular weight is 468 g/mol. The predicted molar refractivity (Wildman–Crippen MR) is 138 cm³/mol. The first-order valence-corrected chi connectivity index (χ1v) is 11.9. The summed E-state index contributed by atoms with van der Waals surface area (Å²) in [4.78, 5) is 4.74. The lowest BCUT2D eigenvalue weighted by atomic mass is 9.95. The van der Waals surface area contributed by atoms with Gasteiger partial charge in [0.15, 0.2) is 0 Å². The molecule has 178 valence electrons. The topological polar surface area (TPSA) is 93.1 Å². The van der Waals surface area contributed by atoms with E-state index in [2.05, 4.69) is 47.8 Å². The number of hydrogen-bond acceptors (Lipinski definition) is 5. The van der Waals surface area contributed by atoms with Crippen molar-refractivity contribution in [1.29, 1.82) is 0 Å². The van der Waals surface area contributed by atoms with Gasteiger partial charge in [-0.3, -0.25) is 4.98 Å². The summed E-state index contributed by atoms with van der Waals surface area (Å²) >= 11 is 0. The first kappa shape index (κ1) is 23.1. The molecule has 0 atom stereocenters. The van der Waals surface area contributed by atoms with Gasteiger partial charge in [0.05, 0.1) is 23.6 Å². The predicted octanol–water partition coefficient (Wildman–Crippen LogP) is 3.39. The molecule has 0 aliphatic heterocycles. The number of fused-ring (bicyclic) bond motifs is 3. The molecule has 7 heteroatoms. The first-order valence-electron chi connectivity index (χ1n) is 11.9. The van der Waals surface area contributed by atoms with E-state index in [1.807, 2.05) is 59.6 Å². The van der Waals surface area contributed by atoms with Gasteiger partial charge in [0, 0.05) is 42.0 Å². The third kappa shape index (κ3) is 4.66. The number of hydrogen-bond donors (Lipinski definition) is 3. The molecule has 4 N–H and O–H groups in total. The van der Waals surface area contributed by atoms with E-state index in [0.29, 0.717) is 6.54 Å². The van der Waals surface area contributed by atoms with Gasteiger partial charge in [-0.1, -0.05) is 61.0 Å². The highest BCUT2D eigenvalue weighted by Crippen LogP contribution is 2.25. The number of benzene rings is 2. The van der Waals surface area contributed by atoms with Crippen molar-refractivity contribution < 1.29 is 9.51 Å². The van der Waals surface area contributed by atoms with Gasteiger partial charge in [-0.05, 0) is 35.4 Å². The zero-order valence-corrected chi connectivity index (χ0v) is 20.1. The van der Waals surface area contributed by atoms with E-state index in [9.17, 15) is 5.11 Å². The zero-order chi connectivity index (χ0) is 24.4. The van der Waals surface area contributed by atoms with Gasteiger partial charge in [-0.2, -0.15) is 4.40 Å². The number of nitrogens with zero attached hydrogens (tertiary/aromatic N) is 4. The van der Waals surface area contributed by atoms with Gasteiger partial charge >= 0.3 is 0 Å². The number of nitrogens with two attached hydrogens (primary N) is 1. The average Bonchev–Trinajstić information content (AvgIpc) is 3.28. The molecule has 0 fully saturated rings. The van der Waals surface area contributed by atoms with Gasteiger partial charge < -0.3 is 16.2 Å². The van der Waals surface area contributed by atoms with Gasteiger partial charge in [-0.25, -0.2) is 0 Å². The van der Waals surface area contributed by atoms with Crippen molar-refractivity contribution in [2.24, 2.45) is 11.1 Å². The maximum atomic E-state index is 9.45. The van der Waals surface area contributed by atoms with Crippen molar-refractivity contribution in [3.8, 4) is 16.8 Å². The fourth-order valence-corrected chi connectivity index (χ4v) is 4.23. The van der Waals surface area contributed by atoms with E-state index < -0.39 is 0 Å². The van der Waals surface area contributed by atoms with Crippen LogP contribution < -0.4 is 15.5 Å². The van der Waals surface area contributed by atoms with E-state index in [4.69, 9.17) is 15.8 Å². The van der Waals surface area contributed by atoms with Crippen molar-refractivity contribution in [2.75, 3.05) is 13.2 Å². The summed E-state index contributed by atoms with van der Waals surface area (Å²) in [5, 5.41) is 18.7. The Hall–Kier alpha value is -3.65. The molecule has 2 aromatic carbocycles. The van der Waals surface area contributed by atoms with Crippen LogP contribution in [-0.2, 0) is 13.1 Å². The van der Waals surface area contributed by atoms with Crippen LogP contribution in [0.25, 0.3) is 33.4 Å². The minimum Gasteiger partial charge on any atom is -0.396 e. The second kappa shape index (κ2) is 9.54. The lowest BCUT2D eigenvalue weighted by molar-refractivity contribution is -0.521. The molecule has 0 saturated heterocycles. The smallest absolute Gasteiger partial charge is 0.296 e. The molecule has 5 aromatic rings. The molecule has 0 aliphatic carbocycles. The van der Waals surface area contributed by atoms with Crippen molar-refractivity contribution in [3.63, 3.8) is 0 Å². The molecule has 0 radical (unpaired) electrons. The monoisotopic (exact) mass is 467 g/mol. The van der Waals surface area contributed by atoms with Crippen molar-refractivity contribution in [3.05, 3.63) is 90.5 Å². The van der Waals surface area contributed by atoms with Crippen molar-refractivity contribution in [2.45, 2.75) is 26.9 Å². The quantitative estimate of drug-likeness (QED) is 0.304. The molecule has 0 spiro atoms. The number of aliphatic hydroxyl groups excluding tert-OH is 1. The Morgan fingerprint density at radius 1 is 1.03 bits per heavy atom. The molecule has 5 rings (SSSR count). The van der Waals surface area contributed by atoms with Crippen LogP contribution in [-0.4, -0.2) is 33.0 Å². The third-order valence-corrected chi connectivity index (χ3v) is 6.29. The molecular weight excluding hydrogens is 436 g/mol. The molecular formula is C28H31N6O+. The van der Waals surface area contributed by atoms with Crippen LogP contribution in [0.3, 0.4) is 0 Å². The number of nitrogens with one attached hydrogen (secondary N) is 1. The summed E-state index contributed by atoms with van der Waals surface area (Å²) < 4.78 is 4.00. The Labute approximate surface area is 204 Å². The Balaban J connectivity index is 1.55. The van der Waals surface area contributed by atoms with Crippen molar-refractivity contribution >= 4 is 16.6 Å². The van der Waals surface area contributed by atoms with E-state index >= 15 is 0 Å². The van der Waals surface area contributed by atoms with Crippen LogP contribution in [0.4, 0.5) is 0 Å². The van der Waals surface area contributed by atoms with Gasteiger partial charge in [0.1, 0.15) is 5.69 Å². The fraction of sp³-hybridized carbons (Fsp3) is 0.250. The molecule has 3 aromatic heterocycles. The number of aliphatic hydroxyl groups is 1. The summed E-state index contributed by atoms with van der Waals surface area (Å²) in [6.45, 7) is 6.05. The maximum Gasteiger partial charge on any atom is 0.296 e. The third-order valence-electron chi connectivity index (χ3n) is 6.29. The van der Waals surface area contributed by atoms with E-state index in [0.717, 1.165) is 52.3 Å². The maximum absolute atomic E-state index is 9.45. The van der Waals surface area contributed by atoms with E-state index in [-0.39, 0.29) is 12.0 Å². The molecule has 3 heterocycles. The van der Waals surface area contributed by atoms with E-state index in [1.165, 1.54) is 5.56 Å². The van der Waals surface area contributed by atoms with Gasteiger partial charge in [0.25, 0.3) is 11.5 Å². The van der Waals surface area contributed by atoms with Crippen LogP contribution in [0.15, 0.2) is 79.1 Å². The van der Waals surface area contributed by atoms with Gasteiger partial charge in [0.2, 0.25) is 0 Å². The summed E-state index contributed by atoms with van der Waals surface area (Å²) in [6, 6.07) is 22.8.